The van der Waals surface area contributed by atoms with Crippen LogP contribution in [0.25, 0.3) is 0 Å². The Hall–Kier alpha value is -1.84. The van der Waals surface area contributed by atoms with Gasteiger partial charge in [0.05, 0.1) is 0 Å². The number of nitrogens with zero attached hydrogens (tertiary/aromatic N) is 1. The molecule has 1 aromatic rings. The van der Waals surface area contributed by atoms with Crippen molar-refractivity contribution in [3.63, 3.8) is 0 Å². The van der Waals surface area contributed by atoms with Gasteiger partial charge in [0.2, 0.25) is 0 Å². The number of carbonyl (C=O) groups is 2. The van der Waals surface area contributed by atoms with E-state index in [4.69, 9.17) is 0 Å². The highest BCUT2D eigenvalue weighted by atomic mass is 16.2. The minimum absolute atomic E-state index is 0.0464. The molecule has 4 heteroatoms. The number of fused-ring (bicyclic) bond motifs is 1. The van der Waals surface area contributed by atoms with Gasteiger partial charge in [-0.05, 0) is 42.2 Å². The predicted molar refractivity (Wildman–Crippen MR) is 85.4 cm³/mol. The molecule has 3 rings (SSSR count). The monoisotopic (exact) mass is 300 g/mol. The smallest absolute Gasteiger partial charge is 0.324 e. The van der Waals surface area contributed by atoms with E-state index in [0.717, 1.165) is 25.7 Å². The third-order valence-corrected chi connectivity index (χ3v) is 5.17. The number of amides is 3. The molecule has 1 heterocycles. The summed E-state index contributed by atoms with van der Waals surface area (Å²) in [7, 11) is 0. The highest BCUT2D eigenvalue weighted by Gasteiger charge is 2.40. The number of nitrogens with one attached hydrogen (secondary N) is 1. The second kappa shape index (κ2) is 6.11. The van der Waals surface area contributed by atoms with Gasteiger partial charge in [-0.1, -0.05) is 44.5 Å². The fourth-order valence-electron chi connectivity index (χ4n) is 3.54. The van der Waals surface area contributed by atoms with Crippen LogP contribution in [0.1, 0.15) is 37.8 Å². The normalized spacial score (nSPS) is 22.8. The Labute approximate surface area is 131 Å². The molecule has 3 amide bonds. The van der Waals surface area contributed by atoms with Crippen LogP contribution in [0, 0.1) is 11.8 Å². The van der Waals surface area contributed by atoms with Crippen molar-refractivity contribution in [2.24, 2.45) is 11.8 Å². The van der Waals surface area contributed by atoms with Crippen molar-refractivity contribution in [3.8, 4) is 0 Å². The van der Waals surface area contributed by atoms with Crippen LogP contribution in [0.5, 0.6) is 0 Å². The molecule has 0 spiro atoms. The summed E-state index contributed by atoms with van der Waals surface area (Å²) in [5.41, 5.74) is 2.84. The first kappa shape index (κ1) is 15.1. The van der Waals surface area contributed by atoms with Gasteiger partial charge >= 0.3 is 6.03 Å². The Morgan fingerprint density at radius 2 is 1.86 bits per heavy atom. The largest absolute Gasteiger partial charge is 0.326 e. The maximum absolute atomic E-state index is 12.4. The van der Waals surface area contributed by atoms with E-state index in [0.29, 0.717) is 12.5 Å². The van der Waals surface area contributed by atoms with Crippen molar-refractivity contribution in [3.05, 3.63) is 35.4 Å². The van der Waals surface area contributed by atoms with Gasteiger partial charge in [-0.25, -0.2) is 4.79 Å². The number of urea groups is 1. The molecular weight excluding hydrogens is 276 g/mol. The van der Waals surface area contributed by atoms with Crippen LogP contribution < -0.4 is 5.32 Å². The lowest BCUT2D eigenvalue weighted by atomic mass is 9.99. The van der Waals surface area contributed by atoms with Gasteiger partial charge in [0.15, 0.2) is 0 Å². The molecule has 4 nitrogen and oxygen atoms in total. The standard InChI is InChI=1S/C18H24N2O2/c1-3-12(2)16-17(21)20(18(22)19-16)9-8-13-10-14-6-4-5-7-15(14)11-13/h4-7,12-13,16H,3,8-11H2,1-2H3,(H,19,22)/t12-,16-/m0/s1. The van der Waals surface area contributed by atoms with Gasteiger partial charge in [-0.3, -0.25) is 9.69 Å². The number of benzene rings is 1. The van der Waals surface area contributed by atoms with Crippen LogP contribution in [-0.2, 0) is 17.6 Å². The first-order chi connectivity index (χ1) is 10.6. The molecule has 2 aliphatic rings. The second-order valence-corrected chi connectivity index (χ2v) is 6.63. The molecule has 1 aliphatic carbocycles. The molecule has 22 heavy (non-hydrogen) atoms. The third-order valence-electron chi connectivity index (χ3n) is 5.17. The van der Waals surface area contributed by atoms with Crippen LogP contribution in [0.2, 0.25) is 0 Å². The Morgan fingerprint density at radius 3 is 2.45 bits per heavy atom. The topological polar surface area (TPSA) is 49.4 Å². The maximum Gasteiger partial charge on any atom is 0.324 e. The van der Waals surface area contributed by atoms with Crippen molar-refractivity contribution >= 4 is 11.9 Å². The second-order valence-electron chi connectivity index (χ2n) is 6.63. The summed E-state index contributed by atoms with van der Waals surface area (Å²) < 4.78 is 0. The quantitative estimate of drug-likeness (QED) is 0.850. The molecule has 1 saturated heterocycles. The number of rotatable bonds is 5. The third kappa shape index (κ3) is 2.74. The fourth-order valence-corrected chi connectivity index (χ4v) is 3.54. The zero-order valence-corrected chi connectivity index (χ0v) is 13.3. The molecule has 0 radical (unpaired) electrons. The SMILES string of the molecule is CC[C@H](C)[C@@H]1NC(=O)N(CCC2Cc3ccccc3C2)C1=O. The van der Waals surface area contributed by atoms with Gasteiger partial charge in [0.1, 0.15) is 6.04 Å². The number of carbonyl (C=O) groups excluding carboxylic acids is 2. The molecule has 1 aliphatic heterocycles. The molecule has 0 unspecified atom stereocenters. The van der Waals surface area contributed by atoms with Crippen LogP contribution >= 0.6 is 0 Å². The van der Waals surface area contributed by atoms with Crippen LogP contribution in [0.4, 0.5) is 4.79 Å². The molecule has 0 aromatic heterocycles. The molecule has 1 fully saturated rings. The Morgan fingerprint density at radius 1 is 1.23 bits per heavy atom. The minimum Gasteiger partial charge on any atom is -0.326 e. The fraction of sp³-hybridized carbons (Fsp3) is 0.556. The highest BCUT2D eigenvalue weighted by molar-refractivity contribution is 6.04. The van der Waals surface area contributed by atoms with E-state index in [9.17, 15) is 9.59 Å². The lowest BCUT2D eigenvalue weighted by Gasteiger charge is -2.17. The Balaban J connectivity index is 1.56. The van der Waals surface area contributed by atoms with Crippen molar-refractivity contribution < 1.29 is 9.59 Å². The predicted octanol–water partition coefficient (Wildman–Crippen LogP) is 2.76. The lowest BCUT2D eigenvalue weighted by Crippen LogP contribution is -2.36. The van der Waals surface area contributed by atoms with Gasteiger partial charge in [-0.2, -0.15) is 0 Å². The molecule has 1 aromatic carbocycles. The van der Waals surface area contributed by atoms with Crippen LogP contribution in [0.3, 0.4) is 0 Å². The van der Waals surface area contributed by atoms with Crippen molar-refractivity contribution in [1.29, 1.82) is 0 Å². The Bertz CT molecular complexity index is 559. The number of hydrogen-bond donors (Lipinski definition) is 1. The summed E-state index contributed by atoms with van der Waals surface area (Å²) in [6, 6.07) is 7.97. The van der Waals surface area contributed by atoms with E-state index in [-0.39, 0.29) is 23.9 Å². The number of hydrogen-bond acceptors (Lipinski definition) is 2. The van der Waals surface area contributed by atoms with Crippen molar-refractivity contribution in [2.45, 2.75) is 45.6 Å². The van der Waals surface area contributed by atoms with Crippen LogP contribution in [-0.4, -0.2) is 29.4 Å². The van der Waals surface area contributed by atoms with Gasteiger partial charge in [-0.15, -0.1) is 0 Å². The minimum atomic E-state index is -0.335. The number of imide groups is 1. The van der Waals surface area contributed by atoms with Gasteiger partial charge < -0.3 is 5.32 Å². The molecular formula is C18H24N2O2. The summed E-state index contributed by atoms with van der Waals surface area (Å²) in [6.45, 7) is 4.60. The van der Waals surface area contributed by atoms with Crippen molar-refractivity contribution in [2.75, 3.05) is 6.54 Å². The Kier molecular flexibility index (Phi) is 4.19. The van der Waals surface area contributed by atoms with E-state index in [2.05, 4.69) is 29.6 Å². The summed E-state index contributed by atoms with van der Waals surface area (Å²) in [5.74, 6) is 0.688. The van der Waals surface area contributed by atoms with Crippen LogP contribution in [0.15, 0.2) is 24.3 Å². The summed E-state index contributed by atoms with van der Waals surface area (Å²) >= 11 is 0. The van der Waals surface area contributed by atoms with E-state index in [1.54, 1.807) is 0 Å². The molecule has 118 valence electrons. The lowest BCUT2D eigenvalue weighted by molar-refractivity contribution is -0.128. The maximum atomic E-state index is 12.4. The van der Waals surface area contributed by atoms with E-state index in [1.807, 2.05) is 13.8 Å². The molecule has 1 N–H and O–H groups in total. The average Bonchev–Trinajstić information content (AvgIpc) is 3.05. The summed E-state index contributed by atoms with van der Waals surface area (Å²) in [5, 5.41) is 2.83. The average molecular weight is 300 g/mol. The van der Waals surface area contributed by atoms with E-state index < -0.39 is 0 Å². The zero-order chi connectivity index (χ0) is 15.7. The summed E-state index contributed by atoms with van der Waals surface area (Å²) in [4.78, 5) is 25.8. The summed E-state index contributed by atoms with van der Waals surface area (Å²) in [6.07, 6.45) is 3.91. The highest BCUT2D eigenvalue weighted by Crippen LogP contribution is 2.29. The van der Waals surface area contributed by atoms with E-state index >= 15 is 0 Å². The van der Waals surface area contributed by atoms with E-state index in [1.165, 1.54) is 16.0 Å². The zero-order valence-electron chi connectivity index (χ0n) is 13.3. The van der Waals surface area contributed by atoms with Gasteiger partial charge in [0.25, 0.3) is 5.91 Å². The molecule has 2 atom stereocenters. The molecule has 0 bridgehead atoms. The first-order valence-electron chi connectivity index (χ1n) is 8.28. The first-order valence-corrected chi connectivity index (χ1v) is 8.28. The van der Waals surface area contributed by atoms with Crippen molar-refractivity contribution in [1.82, 2.24) is 10.2 Å². The molecule has 0 saturated carbocycles. The van der Waals surface area contributed by atoms with Gasteiger partial charge in [0, 0.05) is 6.54 Å².